The molecule has 0 amide bonds. The first kappa shape index (κ1) is 15.9. The van der Waals surface area contributed by atoms with Gasteiger partial charge in [0.05, 0.1) is 0 Å². The summed E-state index contributed by atoms with van der Waals surface area (Å²) in [5.74, 6) is 0.501. The number of sulfonamides is 1. The smallest absolute Gasteiger partial charge is 0.242 e. The van der Waals surface area contributed by atoms with Crippen LogP contribution in [0.4, 0.5) is 0 Å². The summed E-state index contributed by atoms with van der Waals surface area (Å²) in [5, 5.41) is 5.13. The molecule has 0 aromatic carbocycles. The molecule has 1 aliphatic carbocycles. The summed E-state index contributed by atoms with van der Waals surface area (Å²) < 4.78 is 28.1. The number of hydrogen-bond acceptors (Lipinski definition) is 4. The lowest BCUT2D eigenvalue weighted by atomic mass is 9.81. The molecule has 1 fully saturated rings. The number of aryl methyl sites for hydroxylation is 1. The van der Waals surface area contributed by atoms with E-state index >= 15 is 0 Å². The van der Waals surface area contributed by atoms with Crippen LogP contribution in [0.5, 0.6) is 0 Å². The van der Waals surface area contributed by atoms with E-state index in [0.717, 1.165) is 29.8 Å². The van der Waals surface area contributed by atoms with Crippen molar-refractivity contribution in [2.24, 2.45) is 5.92 Å². The molecule has 1 aromatic rings. The predicted molar refractivity (Wildman–Crippen MR) is 83.6 cm³/mol. The Labute approximate surface area is 126 Å². The summed E-state index contributed by atoms with van der Waals surface area (Å²) in [4.78, 5) is 1.38. The fourth-order valence-electron chi connectivity index (χ4n) is 2.55. The van der Waals surface area contributed by atoms with Crippen molar-refractivity contribution in [2.75, 3.05) is 6.54 Å². The van der Waals surface area contributed by atoms with E-state index in [1.165, 1.54) is 17.8 Å². The molecule has 0 radical (unpaired) electrons. The Morgan fingerprint density at radius 1 is 1.45 bits per heavy atom. The number of hydrogen-bond donors (Lipinski definition) is 2. The van der Waals surface area contributed by atoms with Crippen molar-refractivity contribution in [3.8, 4) is 0 Å². The first-order chi connectivity index (χ1) is 9.45. The maximum Gasteiger partial charge on any atom is 0.242 e. The molecule has 2 N–H and O–H groups in total. The maximum atomic E-state index is 12.6. The fourth-order valence-corrected chi connectivity index (χ4v) is 5.64. The first-order valence-corrected chi connectivity index (χ1v) is 9.62. The summed E-state index contributed by atoms with van der Waals surface area (Å²) in [6, 6.07) is 0.0278. The molecule has 0 bridgehead atoms. The topological polar surface area (TPSA) is 58.2 Å². The van der Waals surface area contributed by atoms with Crippen LogP contribution in [-0.2, 0) is 16.6 Å². The van der Waals surface area contributed by atoms with Gasteiger partial charge in [0, 0.05) is 17.5 Å². The average Bonchev–Trinajstić information content (AvgIpc) is 2.65. The second kappa shape index (κ2) is 6.56. The Hall–Kier alpha value is -0.430. The molecule has 0 spiro atoms. The summed E-state index contributed by atoms with van der Waals surface area (Å²) in [5.41, 5.74) is 0.844. The molecule has 2 rings (SSSR count). The molecule has 20 heavy (non-hydrogen) atoms. The van der Waals surface area contributed by atoms with E-state index in [0.29, 0.717) is 17.4 Å². The minimum absolute atomic E-state index is 0.0278. The van der Waals surface area contributed by atoms with Crippen molar-refractivity contribution in [2.45, 2.75) is 57.5 Å². The highest BCUT2D eigenvalue weighted by Crippen LogP contribution is 2.32. The van der Waals surface area contributed by atoms with Crippen molar-refractivity contribution in [3.05, 3.63) is 15.8 Å². The monoisotopic (exact) mass is 316 g/mol. The van der Waals surface area contributed by atoms with Gasteiger partial charge in [-0.3, -0.25) is 0 Å². The van der Waals surface area contributed by atoms with Crippen LogP contribution in [0.1, 0.15) is 43.6 Å². The molecule has 1 saturated carbocycles. The molecule has 0 saturated heterocycles. The standard InChI is InChI=1S/C14H24N2O2S2/c1-4-15-8-13-14(10(2)9-19-13)20(17,18)16-11(3)12-6-5-7-12/h9,11-12,15-16H,4-8H2,1-3H3. The van der Waals surface area contributed by atoms with Gasteiger partial charge in [0.1, 0.15) is 4.90 Å². The molecule has 4 nitrogen and oxygen atoms in total. The van der Waals surface area contributed by atoms with E-state index < -0.39 is 10.0 Å². The molecule has 1 aliphatic rings. The molecular formula is C14H24N2O2S2. The van der Waals surface area contributed by atoms with Gasteiger partial charge in [-0.2, -0.15) is 0 Å². The Morgan fingerprint density at radius 3 is 2.70 bits per heavy atom. The molecule has 1 aromatic heterocycles. The van der Waals surface area contributed by atoms with Gasteiger partial charge >= 0.3 is 0 Å². The Kier molecular flexibility index (Phi) is 5.23. The van der Waals surface area contributed by atoms with Crippen LogP contribution in [0.3, 0.4) is 0 Å². The molecule has 1 heterocycles. The van der Waals surface area contributed by atoms with E-state index in [1.54, 1.807) is 0 Å². The van der Waals surface area contributed by atoms with E-state index in [2.05, 4.69) is 10.0 Å². The fraction of sp³-hybridized carbons (Fsp3) is 0.714. The highest BCUT2D eigenvalue weighted by Gasteiger charge is 2.30. The van der Waals surface area contributed by atoms with Gasteiger partial charge < -0.3 is 5.32 Å². The largest absolute Gasteiger partial charge is 0.312 e. The molecule has 0 aliphatic heterocycles. The Bertz CT molecular complexity index is 548. The van der Waals surface area contributed by atoms with Crippen molar-refractivity contribution in [1.82, 2.24) is 10.0 Å². The minimum atomic E-state index is -3.41. The van der Waals surface area contributed by atoms with Gasteiger partial charge in [-0.1, -0.05) is 13.3 Å². The van der Waals surface area contributed by atoms with Gasteiger partial charge in [-0.15, -0.1) is 11.3 Å². The highest BCUT2D eigenvalue weighted by atomic mass is 32.2. The molecule has 1 unspecified atom stereocenters. The Balaban J connectivity index is 2.17. The SMILES string of the molecule is CCNCc1scc(C)c1S(=O)(=O)NC(C)C1CCC1. The second-order valence-electron chi connectivity index (χ2n) is 5.55. The third kappa shape index (κ3) is 3.42. The van der Waals surface area contributed by atoms with Crippen LogP contribution >= 0.6 is 11.3 Å². The quantitative estimate of drug-likeness (QED) is 0.813. The van der Waals surface area contributed by atoms with Crippen molar-refractivity contribution < 1.29 is 8.42 Å². The van der Waals surface area contributed by atoms with Crippen molar-refractivity contribution in [1.29, 1.82) is 0 Å². The van der Waals surface area contributed by atoms with E-state index in [-0.39, 0.29) is 6.04 Å². The van der Waals surface area contributed by atoms with E-state index in [4.69, 9.17) is 0 Å². The lowest BCUT2D eigenvalue weighted by molar-refractivity contribution is 0.260. The predicted octanol–water partition coefficient (Wildman–Crippen LogP) is 2.63. The summed E-state index contributed by atoms with van der Waals surface area (Å²) in [7, 11) is -3.41. The summed E-state index contributed by atoms with van der Waals surface area (Å²) in [6.45, 7) is 7.32. The number of rotatable bonds is 7. The van der Waals surface area contributed by atoms with Crippen LogP contribution in [0.25, 0.3) is 0 Å². The zero-order chi connectivity index (χ0) is 14.8. The van der Waals surface area contributed by atoms with E-state index in [9.17, 15) is 8.42 Å². The zero-order valence-electron chi connectivity index (χ0n) is 12.4. The third-order valence-electron chi connectivity index (χ3n) is 3.99. The van der Waals surface area contributed by atoms with Gasteiger partial charge in [0.2, 0.25) is 10.0 Å². The second-order valence-corrected chi connectivity index (χ2v) is 8.17. The van der Waals surface area contributed by atoms with Crippen LogP contribution in [0, 0.1) is 12.8 Å². The highest BCUT2D eigenvalue weighted by molar-refractivity contribution is 7.89. The van der Waals surface area contributed by atoms with Gasteiger partial charge in [0.25, 0.3) is 0 Å². The Morgan fingerprint density at radius 2 is 2.15 bits per heavy atom. The first-order valence-electron chi connectivity index (χ1n) is 7.25. The van der Waals surface area contributed by atoms with Crippen LogP contribution < -0.4 is 10.0 Å². The lowest BCUT2D eigenvalue weighted by Crippen LogP contribution is -2.41. The normalized spacial score (nSPS) is 17.9. The minimum Gasteiger partial charge on any atom is -0.312 e. The summed E-state index contributed by atoms with van der Waals surface area (Å²) in [6.07, 6.45) is 3.49. The van der Waals surface area contributed by atoms with Gasteiger partial charge in [0.15, 0.2) is 0 Å². The molecule has 1 atom stereocenters. The van der Waals surface area contributed by atoms with Crippen molar-refractivity contribution in [3.63, 3.8) is 0 Å². The average molecular weight is 316 g/mol. The maximum absolute atomic E-state index is 12.6. The van der Waals surface area contributed by atoms with Gasteiger partial charge in [-0.25, -0.2) is 13.1 Å². The summed E-state index contributed by atoms with van der Waals surface area (Å²) >= 11 is 1.52. The van der Waals surface area contributed by atoms with Gasteiger partial charge in [-0.05, 0) is 50.1 Å². The molecular weight excluding hydrogens is 292 g/mol. The van der Waals surface area contributed by atoms with Crippen molar-refractivity contribution >= 4 is 21.4 Å². The molecule has 6 heteroatoms. The van der Waals surface area contributed by atoms with Crippen LogP contribution in [0.2, 0.25) is 0 Å². The van der Waals surface area contributed by atoms with Crippen LogP contribution in [0.15, 0.2) is 10.3 Å². The number of thiophene rings is 1. The zero-order valence-corrected chi connectivity index (χ0v) is 14.0. The number of nitrogens with one attached hydrogen (secondary N) is 2. The van der Waals surface area contributed by atoms with Crippen LogP contribution in [-0.4, -0.2) is 21.0 Å². The third-order valence-corrected chi connectivity index (χ3v) is 7.01. The molecule has 114 valence electrons. The van der Waals surface area contributed by atoms with E-state index in [1.807, 2.05) is 26.2 Å². The lowest BCUT2D eigenvalue weighted by Gasteiger charge is -2.31.